The Labute approximate surface area is 132 Å². The first kappa shape index (κ1) is 16.2. The maximum Gasteiger partial charge on any atom is 0.335 e. The number of benzene rings is 2. The number of quaternary nitrogens is 1. The SMILES string of the molecule is CC(C)(C)c1ccc(C[NH2+]Cc2ccc(C(=O)O)cc2)cc1. The number of carbonyl (C=O) groups is 1. The first-order chi connectivity index (χ1) is 10.4. The third-order valence-electron chi connectivity index (χ3n) is 3.78. The molecule has 0 aliphatic carbocycles. The summed E-state index contributed by atoms with van der Waals surface area (Å²) >= 11 is 0. The summed E-state index contributed by atoms with van der Waals surface area (Å²) in [6.45, 7) is 8.42. The number of nitrogens with two attached hydrogens (primary N) is 1. The van der Waals surface area contributed by atoms with Crippen LogP contribution in [0.25, 0.3) is 0 Å². The average Bonchev–Trinajstić information content (AvgIpc) is 2.47. The monoisotopic (exact) mass is 298 g/mol. The Kier molecular flexibility index (Phi) is 4.99. The van der Waals surface area contributed by atoms with E-state index in [0.717, 1.165) is 18.7 Å². The highest BCUT2D eigenvalue weighted by Gasteiger charge is 2.12. The van der Waals surface area contributed by atoms with Crippen molar-refractivity contribution in [2.24, 2.45) is 0 Å². The van der Waals surface area contributed by atoms with Crippen LogP contribution in [0.1, 0.15) is 47.8 Å². The lowest BCUT2D eigenvalue weighted by atomic mass is 9.87. The fraction of sp³-hybridized carbons (Fsp3) is 0.316. The number of hydrogen-bond donors (Lipinski definition) is 2. The van der Waals surface area contributed by atoms with Crippen LogP contribution in [-0.4, -0.2) is 11.1 Å². The van der Waals surface area contributed by atoms with Crippen LogP contribution in [0.15, 0.2) is 48.5 Å². The molecule has 2 aromatic rings. The zero-order chi connectivity index (χ0) is 16.2. The fourth-order valence-corrected chi connectivity index (χ4v) is 2.33. The Hall–Kier alpha value is -2.13. The number of carboxylic acid groups (broad SMARTS) is 1. The molecule has 0 aromatic heterocycles. The van der Waals surface area contributed by atoms with Gasteiger partial charge in [0.25, 0.3) is 0 Å². The van der Waals surface area contributed by atoms with Crippen LogP contribution in [0.5, 0.6) is 0 Å². The van der Waals surface area contributed by atoms with E-state index in [9.17, 15) is 4.79 Å². The van der Waals surface area contributed by atoms with Crippen molar-refractivity contribution < 1.29 is 15.2 Å². The summed E-state index contributed by atoms with van der Waals surface area (Å²) in [5, 5.41) is 11.1. The normalized spacial score (nSPS) is 11.4. The van der Waals surface area contributed by atoms with E-state index in [1.54, 1.807) is 12.1 Å². The lowest BCUT2D eigenvalue weighted by molar-refractivity contribution is -0.686. The van der Waals surface area contributed by atoms with Gasteiger partial charge in [0, 0.05) is 11.1 Å². The van der Waals surface area contributed by atoms with E-state index in [-0.39, 0.29) is 5.41 Å². The van der Waals surface area contributed by atoms with Crippen LogP contribution in [0.2, 0.25) is 0 Å². The van der Waals surface area contributed by atoms with Crippen molar-refractivity contribution in [2.45, 2.75) is 39.3 Å². The van der Waals surface area contributed by atoms with Crippen LogP contribution >= 0.6 is 0 Å². The predicted octanol–water partition coefficient (Wildman–Crippen LogP) is 2.95. The summed E-state index contributed by atoms with van der Waals surface area (Å²) < 4.78 is 0. The molecule has 116 valence electrons. The van der Waals surface area contributed by atoms with Gasteiger partial charge in [-0.2, -0.15) is 0 Å². The first-order valence-electron chi connectivity index (χ1n) is 7.59. The van der Waals surface area contributed by atoms with Crippen LogP contribution in [0, 0.1) is 0 Å². The summed E-state index contributed by atoms with van der Waals surface area (Å²) in [4.78, 5) is 10.8. The standard InChI is InChI=1S/C19H23NO2/c1-19(2,3)17-10-6-15(7-11-17)13-20-12-14-4-8-16(9-5-14)18(21)22/h4-11,20H,12-13H2,1-3H3,(H,21,22)/p+1. The molecule has 22 heavy (non-hydrogen) atoms. The van der Waals surface area contributed by atoms with Crippen LogP contribution in [-0.2, 0) is 18.5 Å². The molecule has 0 unspecified atom stereocenters. The Morgan fingerprint density at radius 3 is 1.77 bits per heavy atom. The second-order valence-electron chi connectivity index (χ2n) is 6.65. The summed E-state index contributed by atoms with van der Waals surface area (Å²) in [6.07, 6.45) is 0. The number of rotatable bonds is 5. The summed E-state index contributed by atoms with van der Waals surface area (Å²) in [7, 11) is 0. The number of hydrogen-bond acceptors (Lipinski definition) is 1. The van der Waals surface area contributed by atoms with Gasteiger partial charge in [0.15, 0.2) is 0 Å². The van der Waals surface area contributed by atoms with Crippen molar-refractivity contribution in [1.29, 1.82) is 0 Å². The summed E-state index contributed by atoms with van der Waals surface area (Å²) in [6, 6.07) is 15.8. The molecule has 0 amide bonds. The maximum atomic E-state index is 10.8. The topological polar surface area (TPSA) is 53.9 Å². The van der Waals surface area contributed by atoms with Crippen molar-refractivity contribution in [3.05, 3.63) is 70.8 Å². The molecule has 0 aliphatic rings. The van der Waals surface area contributed by atoms with Crippen LogP contribution in [0.4, 0.5) is 0 Å². The molecule has 3 nitrogen and oxygen atoms in total. The molecule has 0 fully saturated rings. The molecule has 2 aromatic carbocycles. The molecule has 0 bridgehead atoms. The van der Waals surface area contributed by atoms with Crippen molar-refractivity contribution in [3.8, 4) is 0 Å². The Morgan fingerprint density at radius 1 is 0.909 bits per heavy atom. The van der Waals surface area contributed by atoms with Gasteiger partial charge in [0.2, 0.25) is 0 Å². The van der Waals surface area contributed by atoms with Crippen molar-refractivity contribution in [1.82, 2.24) is 0 Å². The lowest BCUT2D eigenvalue weighted by Gasteiger charge is -2.18. The highest BCUT2D eigenvalue weighted by Crippen LogP contribution is 2.21. The molecule has 2 rings (SSSR count). The molecule has 0 radical (unpaired) electrons. The van der Waals surface area contributed by atoms with Gasteiger partial charge >= 0.3 is 5.97 Å². The maximum absolute atomic E-state index is 10.8. The van der Waals surface area contributed by atoms with E-state index >= 15 is 0 Å². The third kappa shape index (κ3) is 4.43. The van der Waals surface area contributed by atoms with Crippen molar-refractivity contribution >= 4 is 5.97 Å². The lowest BCUT2D eigenvalue weighted by Crippen LogP contribution is -2.80. The highest BCUT2D eigenvalue weighted by atomic mass is 16.4. The summed E-state index contributed by atoms with van der Waals surface area (Å²) in [5.41, 5.74) is 4.31. The molecule has 3 N–H and O–H groups in total. The van der Waals surface area contributed by atoms with Crippen LogP contribution < -0.4 is 5.32 Å². The van der Waals surface area contributed by atoms with Gasteiger partial charge in [-0.15, -0.1) is 0 Å². The molecule has 0 aliphatic heterocycles. The van der Waals surface area contributed by atoms with Gasteiger partial charge in [0.05, 0.1) is 5.56 Å². The fourth-order valence-electron chi connectivity index (χ4n) is 2.33. The quantitative estimate of drug-likeness (QED) is 0.891. The number of carboxylic acids is 1. The van der Waals surface area contributed by atoms with Gasteiger partial charge in [-0.05, 0) is 23.1 Å². The molecule has 0 saturated carbocycles. The Bertz CT molecular complexity index is 622. The van der Waals surface area contributed by atoms with Crippen molar-refractivity contribution in [3.63, 3.8) is 0 Å². The molecule has 0 spiro atoms. The molecule has 3 heteroatoms. The summed E-state index contributed by atoms with van der Waals surface area (Å²) in [5.74, 6) is -0.880. The minimum atomic E-state index is -0.880. The molecule has 0 atom stereocenters. The van der Waals surface area contributed by atoms with E-state index in [1.165, 1.54) is 11.1 Å². The smallest absolute Gasteiger partial charge is 0.335 e. The molecular formula is C19H24NO2+. The van der Waals surface area contributed by atoms with Gasteiger partial charge in [0.1, 0.15) is 13.1 Å². The largest absolute Gasteiger partial charge is 0.478 e. The minimum absolute atomic E-state index is 0.189. The number of aromatic carboxylic acids is 1. The van der Waals surface area contributed by atoms with Gasteiger partial charge in [-0.3, -0.25) is 0 Å². The van der Waals surface area contributed by atoms with Crippen molar-refractivity contribution in [2.75, 3.05) is 0 Å². The second-order valence-corrected chi connectivity index (χ2v) is 6.65. The van der Waals surface area contributed by atoms with E-state index in [1.807, 2.05) is 12.1 Å². The zero-order valence-corrected chi connectivity index (χ0v) is 13.5. The highest BCUT2D eigenvalue weighted by molar-refractivity contribution is 5.87. The third-order valence-corrected chi connectivity index (χ3v) is 3.78. The molecule has 0 saturated heterocycles. The van der Waals surface area contributed by atoms with Gasteiger partial charge < -0.3 is 10.4 Å². The van der Waals surface area contributed by atoms with E-state index in [0.29, 0.717) is 5.56 Å². The van der Waals surface area contributed by atoms with E-state index in [4.69, 9.17) is 5.11 Å². The molecular weight excluding hydrogens is 274 g/mol. The van der Waals surface area contributed by atoms with Gasteiger partial charge in [-0.25, -0.2) is 4.79 Å². The Balaban J connectivity index is 1.87. The average molecular weight is 298 g/mol. The second kappa shape index (κ2) is 6.75. The Morgan fingerprint density at radius 2 is 1.36 bits per heavy atom. The van der Waals surface area contributed by atoms with E-state index in [2.05, 4.69) is 50.4 Å². The minimum Gasteiger partial charge on any atom is -0.478 e. The predicted molar refractivity (Wildman–Crippen MR) is 87.9 cm³/mol. The first-order valence-corrected chi connectivity index (χ1v) is 7.59. The van der Waals surface area contributed by atoms with E-state index < -0.39 is 5.97 Å². The zero-order valence-electron chi connectivity index (χ0n) is 13.5. The van der Waals surface area contributed by atoms with Gasteiger partial charge in [-0.1, -0.05) is 57.2 Å². The molecule has 0 heterocycles. The van der Waals surface area contributed by atoms with Crippen LogP contribution in [0.3, 0.4) is 0 Å².